The van der Waals surface area contributed by atoms with Gasteiger partial charge in [0.05, 0.1) is 11.4 Å². The topological polar surface area (TPSA) is 25.8 Å². The molecular formula is C54H36N2. The van der Waals surface area contributed by atoms with Crippen LogP contribution in [-0.4, -0.2) is 9.97 Å². The lowest BCUT2D eigenvalue weighted by atomic mass is 9.88. The minimum atomic E-state index is 0.965. The molecule has 10 aromatic rings. The number of rotatable bonds is 7. The fourth-order valence-corrected chi connectivity index (χ4v) is 7.92. The molecule has 0 aliphatic carbocycles. The summed E-state index contributed by atoms with van der Waals surface area (Å²) in [7, 11) is 0. The Hall–Kier alpha value is -7.42. The van der Waals surface area contributed by atoms with Gasteiger partial charge in [-0.15, -0.1) is 0 Å². The van der Waals surface area contributed by atoms with Crippen molar-refractivity contribution in [1.82, 2.24) is 9.97 Å². The molecule has 0 atom stereocenters. The highest BCUT2D eigenvalue weighted by Crippen LogP contribution is 2.40. The second-order valence-electron chi connectivity index (χ2n) is 14.2. The number of benzene rings is 8. The third-order valence-electron chi connectivity index (χ3n) is 10.8. The molecule has 8 aromatic carbocycles. The first-order chi connectivity index (χ1) is 27.7. The zero-order chi connectivity index (χ0) is 37.3. The summed E-state index contributed by atoms with van der Waals surface area (Å²) < 4.78 is 0. The molecule has 0 aliphatic rings. The standard InChI is InChI=1S/C54H36N2/c1-3-15-49-39(11-1)13-9-17-51(49)47-34-46(35-48(36-47)52-18-10-14-40-12-2-4-16-50(40)52)45-32-43(37-21-25-41(26-22-37)53-19-5-7-29-55-53)31-44(33-45)38-23-27-42(28-24-38)54-20-6-8-30-56-54/h1-36H. The zero-order valence-electron chi connectivity index (χ0n) is 30.7. The van der Waals surface area contributed by atoms with E-state index < -0.39 is 0 Å². The van der Waals surface area contributed by atoms with Gasteiger partial charge < -0.3 is 0 Å². The Labute approximate surface area is 327 Å². The molecule has 0 saturated heterocycles. The van der Waals surface area contributed by atoms with Gasteiger partial charge in [-0.25, -0.2) is 0 Å². The van der Waals surface area contributed by atoms with Crippen molar-refractivity contribution < 1.29 is 0 Å². The van der Waals surface area contributed by atoms with E-state index >= 15 is 0 Å². The predicted molar refractivity (Wildman–Crippen MR) is 235 cm³/mol. The fraction of sp³-hybridized carbons (Fsp3) is 0. The molecule has 2 heteroatoms. The Kier molecular flexibility index (Phi) is 8.55. The lowest BCUT2D eigenvalue weighted by Crippen LogP contribution is -1.91. The van der Waals surface area contributed by atoms with Gasteiger partial charge in [0.25, 0.3) is 0 Å². The van der Waals surface area contributed by atoms with Crippen LogP contribution in [0.25, 0.3) is 99.7 Å². The summed E-state index contributed by atoms with van der Waals surface area (Å²) >= 11 is 0. The van der Waals surface area contributed by atoms with Crippen LogP contribution in [0.5, 0.6) is 0 Å². The van der Waals surface area contributed by atoms with Gasteiger partial charge in [-0.1, -0.05) is 146 Å². The monoisotopic (exact) mass is 712 g/mol. The minimum absolute atomic E-state index is 0.965. The fourth-order valence-electron chi connectivity index (χ4n) is 7.92. The van der Waals surface area contributed by atoms with Gasteiger partial charge in [0, 0.05) is 23.5 Å². The van der Waals surface area contributed by atoms with E-state index in [0.29, 0.717) is 0 Å². The molecule has 0 amide bonds. The average Bonchev–Trinajstić information content (AvgIpc) is 3.29. The van der Waals surface area contributed by atoms with Gasteiger partial charge in [0.15, 0.2) is 0 Å². The molecule has 56 heavy (non-hydrogen) atoms. The van der Waals surface area contributed by atoms with E-state index in [-0.39, 0.29) is 0 Å². The number of hydrogen-bond donors (Lipinski definition) is 0. The molecule has 2 heterocycles. The first-order valence-electron chi connectivity index (χ1n) is 19.0. The molecule has 2 aromatic heterocycles. The summed E-state index contributed by atoms with van der Waals surface area (Å²) in [6.45, 7) is 0. The molecule has 0 N–H and O–H groups in total. The van der Waals surface area contributed by atoms with E-state index in [1.165, 1.54) is 43.8 Å². The van der Waals surface area contributed by atoms with Crippen molar-refractivity contribution in [2.24, 2.45) is 0 Å². The molecule has 0 bridgehead atoms. The molecule has 0 radical (unpaired) electrons. The Bertz CT molecular complexity index is 2780. The summed E-state index contributed by atoms with van der Waals surface area (Å²) in [5.41, 5.74) is 15.9. The molecule has 10 rings (SSSR count). The van der Waals surface area contributed by atoms with Gasteiger partial charge in [-0.05, 0) is 138 Å². The first kappa shape index (κ1) is 33.2. The van der Waals surface area contributed by atoms with Crippen molar-refractivity contribution in [2.45, 2.75) is 0 Å². The molecule has 0 fully saturated rings. The van der Waals surface area contributed by atoms with Crippen molar-refractivity contribution in [3.05, 3.63) is 219 Å². The molecule has 0 unspecified atom stereocenters. The van der Waals surface area contributed by atoms with Crippen LogP contribution in [0.2, 0.25) is 0 Å². The van der Waals surface area contributed by atoms with Gasteiger partial charge in [0.1, 0.15) is 0 Å². The van der Waals surface area contributed by atoms with E-state index in [1.807, 2.05) is 36.7 Å². The normalized spacial score (nSPS) is 11.2. The Morgan fingerprint density at radius 3 is 1.00 bits per heavy atom. The number of fused-ring (bicyclic) bond motifs is 2. The quantitative estimate of drug-likeness (QED) is 0.164. The van der Waals surface area contributed by atoms with E-state index in [9.17, 15) is 0 Å². The van der Waals surface area contributed by atoms with Gasteiger partial charge >= 0.3 is 0 Å². The van der Waals surface area contributed by atoms with Crippen molar-refractivity contribution in [1.29, 1.82) is 0 Å². The van der Waals surface area contributed by atoms with Crippen molar-refractivity contribution in [2.75, 3.05) is 0 Å². The lowest BCUT2D eigenvalue weighted by Gasteiger charge is -2.16. The summed E-state index contributed by atoms with van der Waals surface area (Å²) in [6.07, 6.45) is 3.69. The lowest BCUT2D eigenvalue weighted by molar-refractivity contribution is 1.33. The van der Waals surface area contributed by atoms with Crippen LogP contribution in [0.3, 0.4) is 0 Å². The molecular weight excluding hydrogens is 677 g/mol. The van der Waals surface area contributed by atoms with Crippen LogP contribution in [0.1, 0.15) is 0 Å². The maximum atomic E-state index is 4.59. The van der Waals surface area contributed by atoms with E-state index in [4.69, 9.17) is 0 Å². The SMILES string of the molecule is c1ccc(-c2ccc(-c3cc(-c4ccc(-c5ccccn5)cc4)cc(-c4cc(-c5cccc6ccccc56)cc(-c5cccc6ccccc56)c4)c3)cc2)nc1. The number of aromatic nitrogens is 2. The Morgan fingerprint density at radius 1 is 0.232 bits per heavy atom. The van der Waals surface area contributed by atoms with Gasteiger partial charge in [-0.2, -0.15) is 0 Å². The molecule has 262 valence electrons. The highest BCUT2D eigenvalue weighted by Gasteiger charge is 2.14. The Morgan fingerprint density at radius 2 is 0.571 bits per heavy atom. The highest BCUT2D eigenvalue weighted by molar-refractivity contribution is 6.01. The van der Waals surface area contributed by atoms with E-state index in [0.717, 1.165) is 55.9 Å². The van der Waals surface area contributed by atoms with Crippen molar-refractivity contribution in [3.8, 4) is 78.1 Å². The third kappa shape index (κ3) is 6.44. The average molecular weight is 713 g/mol. The molecule has 0 spiro atoms. The second kappa shape index (κ2) is 14.4. The molecule has 0 aliphatic heterocycles. The smallest absolute Gasteiger partial charge is 0.0701 e. The van der Waals surface area contributed by atoms with Crippen LogP contribution in [0.15, 0.2) is 219 Å². The van der Waals surface area contributed by atoms with Crippen LogP contribution in [0.4, 0.5) is 0 Å². The highest BCUT2D eigenvalue weighted by atomic mass is 14.7. The zero-order valence-corrected chi connectivity index (χ0v) is 30.7. The minimum Gasteiger partial charge on any atom is -0.256 e. The Balaban J connectivity index is 1.18. The largest absolute Gasteiger partial charge is 0.256 e. The predicted octanol–water partition coefficient (Wildman–Crippen LogP) is 14.5. The van der Waals surface area contributed by atoms with Crippen LogP contribution in [0, 0.1) is 0 Å². The van der Waals surface area contributed by atoms with E-state index in [1.54, 1.807) is 0 Å². The summed E-state index contributed by atoms with van der Waals surface area (Å²) in [6, 6.07) is 74.3. The van der Waals surface area contributed by atoms with Crippen LogP contribution >= 0.6 is 0 Å². The van der Waals surface area contributed by atoms with Crippen LogP contribution < -0.4 is 0 Å². The van der Waals surface area contributed by atoms with E-state index in [2.05, 4.69) is 192 Å². The molecule has 0 saturated carbocycles. The van der Waals surface area contributed by atoms with Gasteiger partial charge in [0.2, 0.25) is 0 Å². The van der Waals surface area contributed by atoms with Crippen LogP contribution in [-0.2, 0) is 0 Å². The number of pyridine rings is 2. The second-order valence-corrected chi connectivity index (χ2v) is 14.2. The summed E-state index contributed by atoms with van der Waals surface area (Å²) in [5.74, 6) is 0. The van der Waals surface area contributed by atoms with Gasteiger partial charge in [-0.3, -0.25) is 9.97 Å². The van der Waals surface area contributed by atoms with Crippen molar-refractivity contribution in [3.63, 3.8) is 0 Å². The molecule has 2 nitrogen and oxygen atoms in total. The summed E-state index contributed by atoms with van der Waals surface area (Å²) in [4.78, 5) is 9.18. The summed E-state index contributed by atoms with van der Waals surface area (Å²) in [5, 5.41) is 4.95. The third-order valence-corrected chi connectivity index (χ3v) is 10.8. The maximum Gasteiger partial charge on any atom is 0.0701 e. The first-order valence-corrected chi connectivity index (χ1v) is 19.0. The maximum absolute atomic E-state index is 4.59. The number of hydrogen-bond acceptors (Lipinski definition) is 2. The van der Waals surface area contributed by atoms with Crippen molar-refractivity contribution >= 4 is 21.5 Å². The number of nitrogens with zero attached hydrogens (tertiary/aromatic N) is 2.